The zero-order chi connectivity index (χ0) is 20.6. The first-order valence-corrected chi connectivity index (χ1v) is 13.0. The van der Waals surface area contributed by atoms with E-state index in [0.717, 1.165) is 6.07 Å². The molecular formula is C17H16N2O6S3. The summed E-state index contributed by atoms with van der Waals surface area (Å²) >= 11 is 0. The summed E-state index contributed by atoms with van der Waals surface area (Å²) in [5.74, 6) is -0.679. The van der Waals surface area contributed by atoms with Crippen LogP contribution in [0.5, 0.6) is 0 Å². The summed E-state index contributed by atoms with van der Waals surface area (Å²) in [5, 5.41) is 7.99. The molecule has 0 saturated carbocycles. The molecule has 0 amide bonds. The molecule has 1 N–H and O–H groups in total. The van der Waals surface area contributed by atoms with E-state index in [9.17, 15) is 25.3 Å². The maximum absolute atomic E-state index is 12.7. The minimum Gasteiger partial charge on any atom is -0.278 e. The molecule has 0 bridgehead atoms. The summed E-state index contributed by atoms with van der Waals surface area (Å²) in [6.45, 7) is 0. The molecule has 1 unspecified atom stereocenters. The van der Waals surface area contributed by atoms with Crippen LogP contribution >= 0.6 is 0 Å². The average molecular weight is 441 g/mol. The van der Waals surface area contributed by atoms with Crippen molar-refractivity contribution in [1.82, 2.24) is 0 Å². The van der Waals surface area contributed by atoms with E-state index in [1.165, 1.54) is 30.3 Å². The molecule has 28 heavy (non-hydrogen) atoms. The number of nitriles is 1. The number of benzene rings is 2. The number of rotatable bonds is 5. The summed E-state index contributed by atoms with van der Waals surface area (Å²) < 4.78 is 76.3. The maximum atomic E-state index is 12.7. The van der Waals surface area contributed by atoms with Crippen molar-refractivity contribution in [2.24, 2.45) is 0 Å². The van der Waals surface area contributed by atoms with Gasteiger partial charge in [0.2, 0.25) is 0 Å². The molecule has 2 aromatic rings. The second kappa shape index (κ2) is 7.20. The lowest BCUT2D eigenvalue weighted by Crippen LogP contribution is -2.23. The van der Waals surface area contributed by atoms with E-state index in [1.54, 1.807) is 12.1 Å². The van der Waals surface area contributed by atoms with Crippen LogP contribution in [0.15, 0.2) is 58.3 Å². The Kier molecular flexibility index (Phi) is 5.22. The lowest BCUT2D eigenvalue weighted by Gasteiger charge is -2.13. The smallest absolute Gasteiger partial charge is 0.261 e. The molecule has 1 aliphatic heterocycles. The molecule has 148 valence electrons. The standard InChI is InChI=1S/C17H16N2O6S3/c18-11-13-4-1-2-7-17(13)19-28(24,25)15-6-3-5-14(10-15)27(22,23)16-8-9-26(20,21)12-16/h1-7,10,16,19H,8-9,12H2. The molecule has 8 nitrogen and oxygen atoms in total. The van der Waals surface area contributed by atoms with Crippen LogP contribution < -0.4 is 4.72 Å². The molecule has 0 aliphatic carbocycles. The van der Waals surface area contributed by atoms with E-state index >= 15 is 0 Å². The molecule has 3 rings (SSSR count). The van der Waals surface area contributed by atoms with Gasteiger partial charge in [0.25, 0.3) is 10.0 Å². The third-order valence-corrected chi connectivity index (χ3v) is 9.90. The maximum Gasteiger partial charge on any atom is 0.261 e. The van der Waals surface area contributed by atoms with Gasteiger partial charge in [0, 0.05) is 0 Å². The van der Waals surface area contributed by atoms with Gasteiger partial charge in [-0.3, -0.25) is 4.72 Å². The van der Waals surface area contributed by atoms with Crippen molar-refractivity contribution in [3.8, 4) is 6.07 Å². The number of hydrogen-bond donors (Lipinski definition) is 1. The molecule has 1 heterocycles. The fourth-order valence-electron chi connectivity index (χ4n) is 2.89. The summed E-state index contributed by atoms with van der Waals surface area (Å²) in [4.78, 5) is -0.562. The van der Waals surface area contributed by atoms with Gasteiger partial charge in [0.05, 0.1) is 37.8 Å². The number of hydrogen-bond acceptors (Lipinski definition) is 7. The van der Waals surface area contributed by atoms with Gasteiger partial charge in [0.1, 0.15) is 6.07 Å². The summed E-state index contributed by atoms with van der Waals surface area (Å²) in [6, 6.07) is 12.6. The first-order valence-electron chi connectivity index (χ1n) is 8.11. The van der Waals surface area contributed by atoms with E-state index < -0.39 is 40.7 Å². The Morgan fingerprint density at radius 2 is 1.68 bits per heavy atom. The quantitative estimate of drug-likeness (QED) is 0.740. The number of para-hydroxylation sites is 1. The van der Waals surface area contributed by atoms with Crippen LogP contribution in [0.2, 0.25) is 0 Å². The second-order valence-corrected chi connectivity index (χ2v) is 12.4. The van der Waals surface area contributed by atoms with Crippen LogP contribution in [-0.4, -0.2) is 42.0 Å². The monoisotopic (exact) mass is 440 g/mol. The van der Waals surface area contributed by atoms with Crippen molar-refractivity contribution >= 4 is 35.4 Å². The number of nitrogens with zero attached hydrogens (tertiary/aromatic N) is 1. The van der Waals surface area contributed by atoms with Gasteiger partial charge in [-0.1, -0.05) is 18.2 Å². The van der Waals surface area contributed by atoms with E-state index in [-0.39, 0.29) is 33.2 Å². The molecule has 0 aromatic heterocycles. The van der Waals surface area contributed by atoms with Crippen molar-refractivity contribution < 1.29 is 25.3 Å². The predicted octanol–water partition coefficient (Wildman–Crippen LogP) is 1.32. The fraction of sp³-hybridized carbons (Fsp3) is 0.235. The van der Waals surface area contributed by atoms with Gasteiger partial charge in [-0.15, -0.1) is 0 Å². The molecule has 0 spiro atoms. The van der Waals surface area contributed by atoms with Crippen molar-refractivity contribution in [2.75, 3.05) is 16.2 Å². The Morgan fingerprint density at radius 1 is 1.00 bits per heavy atom. The molecule has 2 aromatic carbocycles. The zero-order valence-corrected chi connectivity index (χ0v) is 16.9. The van der Waals surface area contributed by atoms with Gasteiger partial charge in [-0.05, 0) is 36.8 Å². The van der Waals surface area contributed by atoms with Crippen LogP contribution in [0.3, 0.4) is 0 Å². The van der Waals surface area contributed by atoms with Crippen molar-refractivity contribution in [3.05, 3.63) is 54.1 Å². The summed E-state index contributed by atoms with van der Waals surface area (Å²) in [7, 11) is -11.6. The minimum absolute atomic E-state index is 0.0184. The van der Waals surface area contributed by atoms with E-state index in [2.05, 4.69) is 4.72 Å². The topological polar surface area (TPSA) is 138 Å². The normalized spacial score (nSPS) is 19.0. The highest BCUT2D eigenvalue weighted by Gasteiger charge is 2.38. The molecule has 0 radical (unpaired) electrons. The summed E-state index contributed by atoms with van der Waals surface area (Å²) in [5.41, 5.74) is 0.186. The highest BCUT2D eigenvalue weighted by Crippen LogP contribution is 2.27. The molecule has 1 atom stereocenters. The number of sulfone groups is 2. The van der Waals surface area contributed by atoms with Crippen molar-refractivity contribution in [1.29, 1.82) is 5.26 Å². The number of nitrogens with one attached hydrogen (secondary N) is 1. The molecule has 1 fully saturated rings. The summed E-state index contributed by atoms with van der Waals surface area (Å²) in [6.07, 6.45) is -0.0184. The van der Waals surface area contributed by atoms with Crippen LogP contribution in [0.4, 0.5) is 5.69 Å². The Labute approximate surface area is 163 Å². The van der Waals surface area contributed by atoms with Crippen molar-refractivity contribution in [3.63, 3.8) is 0 Å². The predicted molar refractivity (Wildman–Crippen MR) is 103 cm³/mol. The fourth-order valence-corrected chi connectivity index (χ4v) is 8.49. The van der Waals surface area contributed by atoms with Crippen LogP contribution in [0.25, 0.3) is 0 Å². The van der Waals surface area contributed by atoms with Gasteiger partial charge in [0.15, 0.2) is 19.7 Å². The zero-order valence-electron chi connectivity index (χ0n) is 14.4. The van der Waals surface area contributed by atoms with E-state index in [0.29, 0.717) is 0 Å². The third-order valence-electron chi connectivity index (χ3n) is 4.37. The Morgan fingerprint density at radius 3 is 2.32 bits per heavy atom. The van der Waals surface area contributed by atoms with E-state index in [1.807, 2.05) is 6.07 Å². The second-order valence-electron chi connectivity index (χ2n) is 6.31. The molecule has 11 heteroatoms. The lowest BCUT2D eigenvalue weighted by molar-refractivity contribution is 0.582. The van der Waals surface area contributed by atoms with Crippen LogP contribution in [0.1, 0.15) is 12.0 Å². The Hall–Kier alpha value is -2.42. The SMILES string of the molecule is N#Cc1ccccc1NS(=O)(=O)c1cccc(S(=O)(=O)C2CCS(=O)(=O)C2)c1. The van der Waals surface area contributed by atoms with Gasteiger partial charge < -0.3 is 0 Å². The van der Waals surface area contributed by atoms with Gasteiger partial charge in [-0.25, -0.2) is 25.3 Å². The number of sulfonamides is 1. The molecule has 1 aliphatic rings. The largest absolute Gasteiger partial charge is 0.278 e. The number of anilines is 1. The molecular weight excluding hydrogens is 424 g/mol. The minimum atomic E-state index is -4.16. The highest BCUT2D eigenvalue weighted by molar-refractivity contribution is 7.96. The lowest BCUT2D eigenvalue weighted by atomic mass is 10.2. The van der Waals surface area contributed by atoms with Crippen LogP contribution in [0, 0.1) is 11.3 Å². The van der Waals surface area contributed by atoms with Crippen molar-refractivity contribution in [2.45, 2.75) is 21.5 Å². The third kappa shape index (κ3) is 4.04. The Balaban J connectivity index is 1.96. The van der Waals surface area contributed by atoms with Crippen LogP contribution in [-0.2, 0) is 29.7 Å². The average Bonchev–Trinajstić information content (AvgIpc) is 3.02. The molecule has 1 saturated heterocycles. The first kappa shape index (κ1) is 20.3. The Bertz CT molecular complexity index is 1280. The van der Waals surface area contributed by atoms with Gasteiger partial charge >= 0.3 is 0 Å². The van der Waals surface area contributed by atoms with E-state index in [4.69, 9.17) is 5.26 Å². The highest BCUT2D eigenvalue weighted by atomic mass is 32.2. The van der Waals surface area contributed by atoms with Gasteiger partial charge in [-0.2, -0.15) is 5.26 Å². The first-order chi connectivity index (χ1) is 13.0.